The third-order valence-electron chi connectivity index (χ3n) is 4.79. The lowest BCUT2D eigenvalue weighted by Gasteiger charge is -2.11. The summed E-state index contributed by atoms with van der Waals surface area (Å²) >= 11 is 0. The lowest BCUT2D eigenvalue weighted by atomic mass is 10.0. The van der Waals surface area contributed by atoms with Crippen molar-refractivity contribution < 1.29 is 19.1 Å². The molecule has 4 rings (SSSR count). The summed E-state index contributed by atoms with van der Waals surface area (Å²) in [5, 5.41) is 0.984. The van der Waals surface area contributed by atoms with Crippen LogP contribution in [-0.2, 0) is 11.2 Å². The molecule has 2 heterocycles. The fourth-order valence-corrected chi connectivity index (χ4v) is 3.36. The average molecular weight is 412 g/mol. The van der Waals surface area contributed by atoms with Crippen LogP contribution in [0, 0.1) is 0 Å². The predicted molar refractivity (Wildman–Crippen MR) is 117 cm³/mol. The number of fused-ring (bicyclic) bond motifs is 1. The van der Waals surface area contributed by atoms with E-state index in [1.807, 2.05) is 42.5 Å². The van der Waals surface area contributed by atoms with Gasteiger partial charge in [-0.25, -0.2) is 4.98 Å². The Labute approximate surface area is 179 Å². The van der Waals surface area contributed by atoms with E-state index >= 15 is 0 Å². The Kier molecular flexibility index (Phi) is 5.71. The van der Waals surface area contributed by atoms with Crippen LogP contribution < -0.4 is 9.47 Å². The average Bonchev–Trinajstić information content (AvgIpc) is 2.79. The number of methoxy groups -OCH3 is 1. The Hall–Kier alpha value is -4.06. The molecule has 0 bridgehead atoms. The van der Waals surface area contributed by atoms with E-state index in [9.17, 15) is 9.59 Å². The maximum atomic E-state index is 12.9. The molecule has 2 aromatic heterocycles. The van der Waals surface area contributed by atoms with E-state index in [0.29, 0.717) is 5.69 Å². The second-order valence-corrected chi connectivity index (χ2v) is 6.96. The smallest absolute Gasteiger partial charge is 0.308 e. The van der Waals surface area contributed by atoms with Gasteiger partial charge in [0.2, 0.25) is 5.75 Å². The van der Waals surface area contributed by atoms with Gasteiger partial charge in [0.05, 0.1) is 19.0 Å². The number of nitrogens with zero attached hydrogens (tertiary/aromatic N) is 2. The van der Waals surface area contributed by atoms with Crippen molar-refractivity contribution in [2.24, 2.45) is 0 Å². The Morgan fingerprint density at radius 3 is 2.48 bits per heavy atom. The first-order valence-corrected chi connectivity index (χ1v) is 9.75. The number of aromatic nitrogens is 2. The summed E-state index contributed by atoms with van der Waals surface area (Å²) < 4.78 is 10.4. The van der Waals surface area contributed by atoms with Gasteiger partial charge in [0.15, 0.2) is 17.2 Å². The van der Waals surface area contributed by atoms with Crippen LogP contribution in [0.5, 0.6) is 11.5 Å². The maximum absolute atomic E-state index is 12.9. The highest BCUT2D eigenvalue weighted by Crippen LogP contribution is 2.30. The van der Waals surface area contributed by atoms with Gasteiger partial charge < -0.3 is 9.47 Å². The minimum absolute atomic E-state index is 0.0187. The first-order valence-electron chi connectivity index (χ1n) is 9.75. The fourth-order valence-electron chi connectivity index (χ4n) is 3.36. The van der Waals surface area contributed by atoms with Crippen LogP contribution in [0.15, 0.2) is 72.9 Å². The highest BCUT2D eigenvalue weighted by atomic mass is 16.6. The van der Waals surface area contributed by atoms with Crippen molar-refractivity contribution in [2.45, 2.75) is 13.3 Å². The lowest BCUT2D eigenvalue weighted by Crippen LogP contribution is -2.13. The fraction of sp³-hybridized carbons (Fsp3) is 0.120. The van der Waals surface area contributed by atoms with Crippen LogP contribution in [-0.4, -0.2) is 28.8 Å². The molecule has 6 nitrogen and oxygen atoms in total. The number of rotatable bonds is 6. The molecule has 0 amide bonds. The zero-order valence-corrected chi connectivity index (χ0v) is 17.2. The van der Waals surface area contributed by atoms with Crippen molar-refractivity contribution >= 4 is 22.7 Å². The molecule has 0 unspecified atom stereocenters. The summed E-state index contributed by atoms with van der Waals surface area (Å²) in [4.78, 5) is 33.1. The molecule has 0 aliphatic heterocycles. The molecule has 0 aliphatic rings. The molecule has 0 radical (unpaired) electrons. The van der Waals surface area contributed by atoms with Gasteiger partial charge in [-0.3, -0.25) is 14.6 Å². The van der Waals surface area contributed by atoms with Crippen molar-refractivity contribution in [2.75, 3.05) is 7.11 Å². The molecule has 0 atom stereocenters. The molecule has 0 N–H and O–H groups in total. The number of esters is 1. The van der Waals surface area contributed by atoms with Crippen LogP contribution in [0.4, 0.5) is 0 Å². The van der Waals surface area contributed by atoms with Gasteiger partial charge in [0.25, 0.3) is 0 Å². The van der Waals surface area contributed by atoms with E-state index in [1.165, 1.54) is 26.3 Å². The number of hydrogen-bond donors (Lipinski definition) is 0. The number of pyridine rings is 2. The van der Waals surface area contributed by atoms with E-state index in [0.717, 1.165) is 22.0 Å². The summed E-state index contributed by atoms with van der Waals surface area (Å²) in [5.41, 5.74) is 3.67. The van der Waals surface area contributed by atoms with Gasteiger partial charge in [-0.2, -0.15) is 0 Å². The maximum Gasteiger partial charge on any atom is 0.308 e. The van der Waals surface area contributed by atoms with Crippen molar-refractivity contribution in [3.63, 3.8) is 0 Å². The normalized spacial score (nSPS) is 10.6. The molecule has 154 valence electrons. The Bertz CT molecular complexity index is 1270. The molecular formula is C25H20N2O4. The van der Waals surface area contributed by atoms with Gasteiger partial charge in [-0.15, -0.1) is 0 Å². The van der Waals surface area contributed by atoms with Crippen LogP contribution in [0.1, 0.15) is 23.1 Å². The van der Waals surface area contributed by atoms with Gasteiger partial charge in [-0.05, 0) is 29.3 Å². The molecule has 0 spiro atoms. The van der Waals surface area contributed by atoms with Crippen molar-refractivity contribution in [3.8, 4) is 22.6 Å². The lowest BCUT2D eigenvalue weighted by molar-refractivity contribution is -0.132. The van der Waals surface area contributed by atoms with Crippen molar-refractivity contribution in [3.05, 3.63) is 84.3 Å². The van der Waals surface area contributed by atoms with Gasteiger partial charge in [0.1, 0.15) is 0 Å². The number of carbonyl (C=O) groups is 2. The SMILES string of the molecule is COc1ccnc(C(=O)Cc2ccc3cc(-c4ccccc4)ccc3n2)c1OC(C)=O. The summed E-state index contributed by atoms with van der Waals surface area (Å²) in [6.45, 7) is 1.26. The minimum atomic E-state index is -0.557. The van der Waals surface area contributed by atoms with Crippen LogP contribution >= 0.6 is 0 Å². The third-order valence-corrected chi connectivity index (χ3v) is 4.79. The van der Waals surface area contributed by atoms with Crippen LogP contribution in [0.2, 0.25) is 0 Å². The Balaban J connectivity index is 1.62. The topological polar surface area (TPSA) is 78.4 Å². The molecular weight excluding hydrogens is 392 g/mol. The summed E-state index contributed by atoms with van der Waals surface area (Å²) in [7, 11) is 1.44. The van der Waals surface area contributed by atoms with E-state index in [2.05, 4.69) is 28.2 Å². The standard InChI is InChI=1S/C25H20N2O4/c1-16(28)31-25-23(30-2)12-13-26-24(25)22(29)15-20-10-8-19-14-18(9-11-21(19)27-20)17-6-4-3-5-7-17/h3-14H,15H2,1-2H3. The second-order valence-electron chi connectivity index (χ2n) is 6.96. The summed E-state index contributed by atoms with van der Waals surface area (Å²) in [6, 6.07) is 21.4. The van der Waals surface area contributed by atoms with Gasteiger partial charge >= 0.3 is 5.97 Å². The van der Waals surface area contributed by atoms with Gasteiger partial charge in [-0.1, -0.05) is 42.5 Å². The molecule has 2 aromatic carbocycles. The zero-order valence-electron chi connectivity index (χ0n) is 17.2. The number of ketones is 1. The quantitative estimate of drug-likeness (QED) is 0.339. The van der Waals surface area contributed by atoms with E-state index < -0.39 is 5.97 Å². The number of carbonyl (C=O) groups excluding carboxylic acids is 2. The second kappa shape index (κ2) is 8.75. The number of Topliss-reactive ketones (excluding diaryl/α,β-unsaturated/α-hetero) is 1. The molecule has 6 heteroatoms. The number of ether oxygens (including phenoxy) is 2. The van der Waals surface area contributed by atoms with E-state index in [1.54, 1.807) is 0 Å². The summed E-state index contributed by atoms with van der Waals surface area (Å²) in [5.74, 6) is -0.578. The highest BCUT2D eigenvalue weighted by Gasteiger charge is 2.21. The Morgan fingerprint density at radius 2 is 1.74 bits per heavy atom. The third kappa shape index (κ3) is 4.43. The molecule has 0 fully saturated rings. The monoisotopic (exact) mass is 412 g/mol. The Morgan fingerprint density at radius 1 is 0.935 bits per heavy atom. The predicted octanol–water partition coefficient (Wildman–Crippen LogP) is 4.66. The number of benzene rings is 2. The van der Waals surface area contributed by atoms with Crippen molar-refractivity contribution in [1.29, 1.82) is 0 Å². The molecule has 4 aromatic rings. The number of hydrogen-bond acceptors (Lipinski definition) is 6. The van der Waals surface area contributed by atoms with Crippen LogP contribution in [0.25, 0.3) is 22.0 Å². The van der Waals surface area contributed by atoms with Gasteiger partial charge in [0, 0.05) is 30.3 Å². The summed E-state index contributed by atoms with van der Waals surface area (Å²) in [6.07, 6.45) is 1.46. The molecule has 31 heavy (non-hydrogen) atoms. The minimum Gasteiger partial charge on any atom is -0.493 e. The molecule has 0 aliphatic carbocycles. The first-order chi connectivity index (χ1) is 15.0. The molecule has 0 saturated heterocycles. The largest absolute Gasteiger partial charge is 0.493 e. The first kappa shape index (κ1) is 20.2. The van der Waals surface area contributed by atoms with E-state index in [-0.39, 0.29) is 29.4 Å². The zero-order chi connectivity index (χ0) is 21.8. The molecule has 0 saturated carbocycles. The van der Waals surface area contributed by atoms with Crippen molar-refractivity contribution in [1.82, 2.24) is 9.97 Å². The highest BCUT2D eigenvalue weighted by molar-refractivity contribution is 5.99. The van der Waals surface area contributed by atoms with E-state index in [4.69, 9.17) is 9.47 Å². The van der Waals surface area contributed by atoms with Crippen LogP contribution in [0.3, 0.4) is 0 Å².